The summed E-state index contributed by atoms with van der Waals surface area (Å²) in [6.07, 6.45) is 4.63. The molecule has 3 rings (SSSR count). The Morgan fingerprint density at radius 1 is 0.793 bits per heavy atom. The zero-order valence-corrected chi connectivity index (χ0v) is 18.1. The van der Waals surface area contributed by atoms with Crippen LogP contribution in [-0.2, 0) is 19.6 Å². The van der Waals surface area contributed by atoms with Gasteiger partial charge in [-0.1, -0.05) is 48.5 Å². The van der Waals surface area contributed by atoms with Gasteiger partial charge in [-0.15, -0.1) is 24.8 Å². The normalized spacial score (nSPS) is 10.1. The van der Waals surface area contributed by atoms with Crippen LogP contribution < -0.4 is 10.5 Å². The lowest BCUT2D eigenvalue weighted by atomic mass is 10.1. The standard InChI is InChI=1S/C23H27N3O.2ClH/c24-13-16-26(15-12-20-5-2-1-3-6-20)18-21-8-10-23(11-9-21)27-19-22-7-4-14-25-17-22;;/h1-11,14,17H,12-13,15-16,18-19,24H2;2*1H. The largest absolute Gasteiger partial charge is 0.489 e. The number of nitrogens with zero attached hydrogens (tertiary/aromatic N) is 2. The number of hydrogen-bond donors (Lipinski definition) is 1. The highest BCUT2D eigenvalue weighted by molar-refractivity contribution is 5.85. The van der Waals surface area contributed by atoms with Gasteiger partial charge in [0.25, 0.3) is 0 Å². The number of halogens is 2. The Labute approximate surface area is 185 Å². The highest BCUT2D eigenvalue weighted by Crippen LogP contribution is 2.15. The minimum atomic E-state index is 0. The molecule has 6 heteroatoms. The average molecular weight is 434 g/mol. The van der Waals surface area contributed by atoms with E-state index >= 15 is 0 Å². The highest BCUT2D eigenvalue weighted by Gasteiger charge is 2.06. The third kappa shape index (κ3) is 8.84. The summed E-state index contributed by atoms with van der Waals surface area (Å²) >= 11 is 0. The van der Waals surface area contributed by atoms with E-state index in [4.69, 9.17) is 10.5 Å². The maximum absolute atomic E-state index is 5.83. The zero-order chi connectivity index (χ0) is 18.7. The van der Waals surface area contributed by atoms with Gasteiger partial charge in [0, 0.05) is 44.1 Å². The van der Waals surface area contributed by atoms with E-state index < -0.39 is 0 Å². The summed E-state index contributed by atoms with van der Waals surface area (Å²) < 4.78 is 5.83. The van der Waals surface area contributed by atoms with Crippen LogP contribution >= 0.6 is 24.8 Å². The summed E-state index contributed by atoms with van der Waals surface area (Å²) in [6, 6.07) is 22.8. The number of ether oxygens (including phenoxy) is 1. The van der Waals surface area contributed by atoms with Crippen molar-refractivity contribution < 1.29 is 4.74 Å². The summed E-state index contributed by atoms with van der Waals surface area (Å²) in [5, 5.41) is 0. The molecule has 0 atom stereocenters. The molecule has 29 heavy (non-hydrogen) atoms. The summed E-state index contributed by atoms with van der Waals surface area (Å²) in [4.78, 5) is 6.51. The second-order valence-corrected chi connectivity index (χ2v) is 6.59. The van der Waals surface area contributed by atoms with E-state index in [0.717, 1.165) is 37.4 Å². The van der Waals surface area contributed by atoms with Crippen LogP contribution in [0.25, 0.3) is 0 Å². The van der Waals surface area contributed by atoms with E-state index in [1.807, 2.05) is 30.5 Å². The molecule has 1 aromatic heterocycles. The fraction of sp³-hybridized carbons (Fsp3) is 0.261. The van der Waals surface area contributed by atoms with E-state index in [2.05, 4.69) is 52.3 Å². The molecular formula is C23H29Cl2N3O. The first-order chi connectivity index (χ1) is 13.3. The van der Waals surface area contributed by atoms with Crippen molar-refractivity contribution in [3.8, 4) is 5.75 Å². The van der Waals surface area contributed by atoms with E-state index in [0.29, 0.717) is 13.2 Å². The molecule has 0 aliphatic heterocycles. The second kappa shape index (κ2) is 14.0. The van der Waals surface area contributed by atoms with E-state index in [1.165, 1.54) is 11.1 Å². The van der Waals surface area contributed by atoms with Crippen LogP contribution in [-0.4, -0.2) is 29.5 Å². The van der Waals surface area contributed by atoms with E-state index in [9.17, 15) is 0 Å². The summed E-state index contributed by atoms with van der Waals surface area (Å²) in [6.45, 7) is 3.99. The lowest BCUT2D eigenvalue weighted by molar-refractivity contribution is 0.276. The van der Waals surface area contributed by atoms with Gasteiger partial charge in [-0.05, 0) is 35.7 Å². The molecule has 0 saturated heterocycles. The predicted octanol–water partition coefficient (Wildman–Crippen LogP) is 4.51. The molecule has 0 aliphatic carbocycles. The minimum absolute atomic E-state index is 0. The van der Waals surface area contributed by atoms with E-state index in [1.54, 1.807) is 6.20 Å². The van der Waals surface area contributed by atoms with Crippen LogP contribution in [0.15, 0.2) is 79.1 Å². The van der Waals surface area contributed by atoms with Crippen molar-refractivity contribution in [2.24, 2.45) is 5.73 Å². The van der Waals surface area contributed by atoms with Crippen molar-refractivity contribution in [2.45, 2.75) is 19.6 Å². The summed E-state index contributed by atoms with van der Waals surface area (Å²) in [7, 11) is 0. The van der Waals surface area contributed by atoms with E-state index in [-0.39, 0.29) is 24.8 Å². The monoisotopic (exact) mass is 433 g/mol. The van der Waals surface area contributed by atoms with Crippen LogP contribution in [0.4, 0.5) is 0 Å². The Morgan fingerprint density at radius 2 is 1.52 bits per heavy atom. The number of aromatic nitrogens is 1. The Balaban J connectivity index is 0.00000210. The number of rotatable bonds is 10. The lowest BCUT2D eigenvalue weighted by Crippen LogP contribution is -2.31. The van der Waals surface area contributed by atoms with Crippen molar-refractivity contribution in [3.05, 3.63) is 95.8 Å². The van der Waals surface area contributed by atoms with Crippen LogP contribution in [0.3, 0.4) is 0 Å². The van der Waals surface area contributed by atoms with Crippen molar-refractivity contribution in [1.82, 2.24) is 9.88 Å². The summed E-state index contributed by atoms with van der Waals surface area (Å²) in [5.41, 5.74) is 9.50. The van der Waals surface area contributed by atoms with Gasteiger partial charge in [-0.25, -0.2) is 0 Å². The second-order valence-electron chi connectivity index (χ2n) is 6.59. The highest BCUT2D eigenvalue weighted by atomic mass is 35.5. The molecule has 0 aliphatic rings. The predicted molar refractivity (Wildman–Crippen MR) is 124 cm³/mol. The van der Waals surface area contributed by atoms with Gasteiger partial charge in [-0.2, -0.15) is 0 Å². The molecule has 1 heterocycles. The first-order valence-corrected chi connectivity index (χ1v) is 9.40. The Hall–Kier alpha value is -2.11. The molecule has 4 nitrogen and oxygen atoms in total. The molecule has 2 aromatic carbocycles. The number of pyridine rings is 1. The molecule has 0 spiro atoms. The molecule has 0 fully saturated rings. The molecule has 0 amide bonds. The van der Waals surface area contributed by atoms with Crippen molar-refractivity contribution in [1.29, 1.82) is 0 Å². The molecule has 3 aromatic rings. The zero-order valence-electron chi connectivity index (χ0n) is 16.4. The first-order valence-electron chi connectivity index (χ1n) is 9.40. The quantitative estimate of drug-likeness (QED) is 0.510. The van der Waals surface area contributed by atoms with Crippen molar-refractivity contribution >= 4 is 24.8 Å². The van der Waals surface area contributed by atoms with Gasteiger partial charge in [0.2, 0.25) is 0 Å². The Morgan fingerprint density at radius 3 is 2.17 bits per heavy atom. The maximum atomic E-state index is 5.83. The topological polar surface area (TPSA) is 51.4 Å². The Bertz CT molecular complexity index is 786. The van der Waals surface area contributed by atoms with Crippen LogP contribution in [0.1, 0.15) is 16.7 Å². The molecule has 0 unspecified atom stereocenters. The Kier molecular flexibility index (Phi) is 12.0. The molecule has 2 N–H and O–H groups in total. The number of hydrogen-bond acceptors (Lipinski definition) is 4. The molecular weight excluding hydrogens is 405 g/mol. The van der Waals surface area contributed by atoms with Crippen LogP contribution in [0, 0.1) is 0 Å². The maximum Gasteiger partial charge on any atom is 0.119 e. The van der Waals surface area contributed by atoms with Gasteiger partial charge >= 0.3 is 0 Å². The van der Waals surface area contributed by atoms with Crippen LogP contribution in [0.2, 0.25) is 0 Å². The number of nitrogens with two attached hydrogens (primary N) is 1. The van der Waals surface area contributed by atoms with Gasteiger partial charge in [0.15, 0.2) is 0 Å². The molecule has 0 saturated carbocycles. The lowest BCUT2D eigenvalue weighted by Gasteiger charge is -2.22. The smallest absolute Gasteiger partial charge is 0.119 e. The van der Waals surface area contributed by atoms with Gasteiger partial charge in [0.1, 0.15) is 12.4 Å². The molecule has 0 bridgehead atoms. The number of benzene rings is 2. The fourth-order valence-electron chi connectivity index (χ4n) is 2.98. The average Bonchev–Trinajstić information content (AvgIpc) is 2.73. The summed E-state index contributed by atoms with van der Waals surface area (Å²) in [5.74, 6) is 0.872. The van der Waals surface area contributed by atoms with Gasteiger partial charge < -0.3 is 10.5 Å². The van der Waals surface area contributed by atoms with Crippen LogP contribution in [0.5, 0.6) is 5.75 Å². The van der Waals surface area contributed by atoms with Gasteiger partial charge in [-0.3, -0.25) is 9.88 Å². The minimum Gasteiger partial charge on any atom is -0.489 e. The third-order valence-electron chi connectivity index (χ3n) is 4.46. The first kappa shape index (κ1) is 24.9. The third-order valence-corrected chi connectivity index (χ3v) is 4.46. The van der Waals surface area contributed by atoms with Crippen molar-refractivity contribution in [2.75, 3.05) is 19.6 Å². The van der Waals surface area contributed by atoms with Crippen molar-refractivity contribution in [3.63, 3.8) is 0 Å². The fourth-order valence-corrected chi connectivity index (χ4v) is 2.98. The SMILES string of the molecule is Cl.Cl.NCCN(CCc1ccccc1)Cc1ccc(OCc2cccnc2)cc1. The molecule has 156 valence electrons. The van der Waals surface area contributed by atoms with Gasteiger partial charge in [0.05, 0.1) is 0 Å². The molecule has 0 radical (unpaired) electrons.